The van der Waals surface area contributed by atoms with Gasteiger partial charge < -0.3 is 10.6 Å². The molecule has 1 aromatic carbocycles. The monoisotopic (exact) mass is 298 g/mol. The van der Waals surface area contributed by atoms with Crippen molar-refractivity contribution in [1.82, 2.24) is 0 Å². The molecule has 4 nitrogen and oxygen atoms in total. The fourth-order valence-electron chi connectivity index (χ4n) is 2.22. The second-order valence-electron chi connectivity index (χ2n) is 5.26. The molecule has 3 rings (SSSR count). The lowest BCUT2D eigenvalue weighted by Crippen LogP contribution is -2.25. The van der Waals surface area contributed by atoms with Crippen LogP contribution in [0, 0.1) is 5.41 Å². The lowest BCUT2D eigenvalue weighted by atomic mass is 10.1. The first-order chi connectivity index (χ1) is 8.82. The summed E-state index contributed by atoms with van der Waals surface area (Å²) in [6, 6.07) is 5.32. The first-order valence-corrected chi connectivity index (χ1v) is 6.69. The zero-order valence-corrected chi connectivity index (χ0v) is 11.7. The molecule has 1 fully saturated rings. The molecule has 2 aliphatic rings. The molecule has 2 amide bonds. The van der Waals surface area contributed by atoms with Gasteiger partial charge in [0, 0.05) is 11.4 Å². The van der Waals surface area contributed by atoms with Crippen LogP contribution >= 0.6 is 23.2 Å². The van der Waals surface area contributed by atoms with Crippen molar-refractivity contribution in [3.8, 4) is 0 Å². The van der Waals surface area contributed by atoms with Gasteiger partial charge in [0.15, 0.2) is 0 Å². The lowest BCUT2D eigenvalue weighted by molar-refractivity contribution is -0.120. The van der Waals surface area contributed by atoms with Gasteiger partial charge >= 0.3 is 0 Å². The number of nitrogens with one attached hydrogen (secondary N) is 2. The van der Waals surface area contributed by atoms with Crippen LogP contribution in [0.5, 0.6) is 0 Å². The normalized spacial score (nSPS) is 26.6. The fraction of sp³-hybridized carbons (Fsp3) is 0.385. The van der Waals surface area contributed by atoms with Crippen molar-refractivity contribution >= 4 is 46.4 Å². The summed E-state index contributed by atoms with van der Waals surface area (Å²) in [6.07, 6.45) is 0.783. The molecule has 1 aliphatic heterocycles. The van der Waals surface area contributed by atoms with Crippen molar-refractivity contribution in [2.45, 2.75) is 24.1 Å². The van der Waals surface area contributed by atoms with Gasteiger partial charge in [-0.2, -0.15) is 0 Å². The summed E-state index contributed by atoms with van der Waals surface area (Å²) in [5.41, 5.74) is 1.58. The average Bonchev–Trinajstić information content (AvgIpc) is 2.66. The molecule has 0 bridgehead atoms. The molecule has 0 spiro atoms. The summed E-state index contributed by atoms with van der Waals surface area (Å²) in [7, 11) is 0. The Morgan fingerprint density at radius 2 is 2.11 bits per heavy atom. The Hall–Kier alpha value is -1.26. The Kier molecular flexibility index (Phi) is 2.60. The van der Waals surface area contributed by atoms with Gasteiger partial charge in [-0.25, -0.2) is 0 Å². The third-order valence-electron chi connectivity index (χ3n) is 3.75. The van der Waals surface area contributed by atoms with Crippen LogP contribution in [0.25, 0.3) is 0 Å². The summed E-state index contributed by atoms with van der Waals surface area (Å²) in [6.45, 7) is 1.74. The summed E-state index contributed by atoms with van der Waals surface area (Å²) in [5.74, 6) is -0.233. The highest BCUT2D eigenvalue weighted by molar-refractivity contribution is 6.53. The maximum absolute atomic E-state index is 12.1. The number of benzene rings is 1. The number of carbonyl (C=O) groups is 2. The van der Waals surface area contributed by atoms with Crippen molar-refractivity contribution in [3.63, 3.8) is 0 Å². The van der Waals surface area contributed by atoms with Crippen LogP contribution in [0.15, 0.2) is 18.2 Å². The standard InChI is InChI=1S/C13H12Cl2N2O2/c1-12(6-13(12,14)15)11(19)16-8-2-3-9-7(4-8)5-10(18)17-9/h2-4H,5-6H2,1H3,(H,16,19)(H,17,18)/t12-/m0/s1. The van der Waals surface area contributed by atoms with E-state index < -0.39 is 9.75 Å². The third kappa shape index (κ3) is 1.99. The number of hydrogen-bond acceptors (Lipinski definition) is 2. The second kappa shape index (κ2) is 3.87. The van der Waals surface area contributed by atoms with Crippen LogP contribution in [0.3, 0.4) is 0 Å². The molecule has 0 aromatic heterocycles. The Balaban J connectivity index is 1.77. The molecule has 100 valence electrons. The zero-order chi connectivity index (χ0) is 13.8. The lowest BCUT2D eigenvalue weighted by Gasteiger charge is -2.13. The SMILES string of the molecule is C[C@@]1(C(=O)Nc2ccc3c(c2)CC(=O)N3)CC1(Cl)Cl. The number of halogens is 2. The fourth-order valence-corrected chi connectivity index (χ4v) is 2.93. The van der Waals surface area contributed by atoms with E-state index in [4.69, 9.17) is 23.2 Å². The molecule has 1 aliphatic carbocycles. The zero-order valence-electron chi connectivity index (χ0n) is 10.2. The van der Waals surface area contributed by atoms with Crippen LogP contribution in [-0.4, -0.2) is 16.1 Å². The molecule has 19 heavy (non-hydrogen) atoms. The summed E-state index contributed by atoms with van der Waals surface area (Å²) >= 11 is 11.9. The van der Waals surface area contributed by atoms with E-state index in [1.165, 1.54) is 0 Å². The van der Waals surface area contributed by atoms with E-state index in [2.05, 4.69) is 10.6 Å². The minimum absolute atomic E-state index is 0.0341. The van der Waals surface area contributed by atoms with Crippen LogP contribution in [0.1, 0.15) is 18.9 Å². The average molecular weight is 299 g/mol. The molecule has 0 radical (unpaired) electrons. The summed E-state index contributed by atoms with van der Waals surface area (Å²) in [4.78, 5) is 23.4. The van der Waals surface area contributed by atoms with Gasteiger partial charge in [-0.05, 0) is 37.1 Å². The number of alkyl halides is 2. The van der Waals surface area contributed by atoms with Crippen LogP contribution in [0.2, 0.25) is 0 Å². The Morgan fingerprint density at radius 1 is 1.42 bits per heavy atom. The van der Waals surface area contributed by atoms with Crippen molar-refractivity contribution < 1.29 is 9.59 Å². The maximum atomic E-state index is 12.1. The number of hydrogen-bond donors (Lipinski definition) is 2. The van der Waals surface area contributed by atoms with Gasteiger partial charge in [0.25, 0.3) is 0 Å². The minimum atomic E-state index is -0.981. The predicted octanol–water partition coefficient (Wildman–Crippen LogP) is 2.70. The molecular formula is C13H12Cl2N2O2. The Labute approximate surface area is 120 Å². The van der Waals surface area contributed by atoms with Crippen molar-refractivity contribution in [3.05, 3.63) is 23.8 Å². The molecule has 0 saturated heterocycles. The van der Waals surface area contributed by atoms with E-state index in [0.29, 0.717) is 18.5 Å². The van der Waals surface area contributed by atoms with E-state index in [-0.39, 0.29) is 11.8 Å². The highest BCUT2D eigenvalue weighted by Crippen LogP contribution is 2.64. The number of amides is 2. The molecule has 1 saturated carbocycles. The predicted molar refractivity (Wildman–Crippen MR) is 74.6 cm³/mol. The van der Waals surface area contributed by atoms with Crippen LogP contribution in [0.4, 0.5) is 11.4 Å². The highest BCUT2D eigenvalue weighted by atomic mass is 35.5. The maximum Gasteiger partial charge on any atom is 0.233 e. The van der Waals surface area contributed by atoms with E-state index in [9.17, 15) is 9.59 Å². The van der Waals surface area contributed by atoms with E-state index in [1.54, 1.807) is 25.1 Å². The summed E-state index contributed by atoms with van der Waals surface area (Å²) in [5, 5.41) is 5.54. The third-order valence-corrected chi connectivity index (χ3v) is 4.85. The number of anilines is 2. The number of fused-ring (bicyclic) bond motifs is 1. The van der Waals surface area contributed by atoms with Gasteiger partial charge in [0.2, 0.25) is 11.8 Å². The molecule has 1 atom stereocenters. The minimum Gasteiger partial charge on any atom is -0.326 e. The largest absolute Gasteiger partial charge is 0.326 e. The van der Waals surface area contributed by atoms with Gasteiger partial charge in [-0.15, -0.1) is 23.2 Å². The molecule has 6 heteroatoms. The molecule has 2 N–H and O–H groups in total. The Morgan fingerprint density at radius 3 is 2.74 bits per heavy atom. The van der Waals surface area contributed by atoms with Gasteiger partial charge in [-0.3, -0.25) is 9.59 Å². The second-order valence-corrected chi connectivity index (χ2v) is 6.75. The van der Waals surface area contributed by atoms with E-state index in [1.807, 2.05) is 0 Å². The van der Waals surface area contributed by atoms with Crippen molar-refractivity contribution in [1.29, 1.82) is 0 Å². The molecule has 1 aromatic rings. The topological polar surface area (TPSA) is 58.2 Å². The van der Waals surface area contributed by atoms with Gasteiger partial charge in [-0.1, -0.05) is 0 Å². The van der Waals surface area contributed by atoms with Crippen LogP contribution in [-0.2, 0) is 16.0 Å². The van der Waals surface area contributed by atoms with E-state index >= 15 is 0 Å². The van der Waals surface area contributed by atoms with Crippen molar-refractivity contribution in [2.75, 3.05) is 10.6 Å². The first kappa shape index (κ1) is 12.8. The quantitative estimate of drug-likeness (QED) is 0.825. The molecular weight excluding hydrogens is 287 g/mol. The smallest absolute Gasteiger partial charge is 0.233 e. The number of carbonyl (C=O) groups excluding carboxylic acids is 2. The van der Waals surface area contributed by atoms with Gasteiger partial charge in [0.1, 0.15) is 4.33 Å². The van der Waals surface area contributed by atoms with Crippen molar-refractivity contribution in [2.24, 2.45) is 5.41 Å². The van der Waals surface area contributed by atoms with Crippen LogP contribution < -0.4 is 10.6 Å². The molecule has 0 unspecified atom stereocenters. The molecule has 1 heterocycles. The van der Waals surface area contributed by atoms with Gasteiger partial charge in [0.05, 0.1) is 11.8 Å². The van der Waals surface area contributed by atoms with E-state index in [0.717, 1.165) is 11.3 Å². The summed E-state index contributed by atoms with van der Waals surface area (Å²) < 4.78 is -0.981. The first-order valence-electron chi connectivity index (χ1n) is 5.94. The Bertz CT molecular complexity index is 600. The number of rotatable bonds is 2. The highest BCUT2D eigenvalue weighted by Gasteiger charge is 2.67.